The number of carbonyl (C=O) groups excluding carboxylic acids is 1. The van der Waals surface area contributed by atoms with Crippen molar-refractivity contribution in [2.24, 2.45) is 5.73 Å². The van der Waals surface area contributed by atoms with E-state index in [-0.39, 0.29) is 6.61 Å². The second-order valence-corrected chi connectivity index (χ2v) is 3.84. The molecule has 4 heteroatoms. The third-order valence-corrected chi connectivity index (χ3v) is 1.73. The van der Waals surface area contributed by atoms with Crippen molar-refractivity contribution >= 4 is 5.97 Å². The summed E-state index contributed by atoms with van der Waals surface area (Å²) in [6, 6.07) is 9.42. The predicted molar refractivity (Wildman–Crippen MR) is 55.6 cm³/mol. The van der Waals surface area contributed by atoms with Crippen molar-refractivity contribution < 1.29 is 14.6 Å². The Morgan fingerprint density at radius 2 is 1.93 bits per heavy atom. The molecule has 1 aromatic rings. The van der Waals surface area contributed by atoms with Gasteiger partial charge in [-0.15, -0.1) is 0 Å². The van der Waals surface area contributed by atoms with E-state index in [9.17, 15) is 4.79 Å². The highest BCUT2D eigenvalue weighted by molar-refractivity contribution is 5.78. The first-order chi connectivity index (χ1) is 7.00. The van der Waals surface area contributed by atoms with Gasteiger partial charge in [-0.25, -0.2) is 4.79 Å². The van der Waals surface area contributed by atoms with Crippen molar-refractivity contribution in [1.29, 1.82) is 0 Å². The molecule has 15 heavy (non-hydrogen) atoms. The Hall–Kier alpha value is -1.39. The highest BCUT2D eigenvalue weighted by Gasteiger charge is 2.24. The largest absolute Gasteiger partial charge is 0.361 e. The average Bonchev–Trinajstić information content (AvgIpc) is 2.18. The molecule has 0 fully saturated rings. The Labute approximate surface area is 88.9 Å². The Morgan fingerprint density at radius 3 is 2.47 bits per heavy atom. The third-order valence-electron chi connectivity index (χ3n) is 1.73. The van der Waals surface area contributed by atoms with E-state index >= 15 is 0 Å². The van der Waals surface area contributed by atoms with E-state index in [1.807, 2.05) is 30.3 Å². The van der Waals surface area contributed by atoms with Gasteiger partial charge in [-0.2, -0.15) is 4.89 Å². The van der Waals surface area contributed by atoms with Crippen LogP contribution in [-0.4, -0.2) is 11.5 Å². The number of carbonyl (C=O) groups is 1. The molecule has 0 heterocycles. The van der Waals surface area contributed by atoms with Crippen molar-refractivity contribution in [3.8, 4) is 0 Å². The lowest BCUT2D eigenvalue weighted by molar-refractivity contribution is -0.283. The van der Waals surface area contributed by atoms with Crippen LogP contribution < -0.4 is 5.73 Å². The minimum absolute atomic E-state index is 0.225. The monoisotopic (exact) mass is 209 g/mol. The fourth-order valence-corrected chi connectivity index (χ4v) is 0.833. The summed E-state index contributed by atoms with van der Waals surface area (Å²) >= 11 is 0. The van der Waals surface area contributed by atoms with Crippen molar-refractivity contribution in [2.75, 3.05) is 0 Å². The van der Waals surface area contributed by atoms with Crippen molar-refractivity contribution in [3.63, 3.8) is 0 Å². The van der Waals surface area contributed by atoms with Crippen LogP contribution in [0.25, 0.3) is 0 Å². The maximum atomic E-state index is 11.2. The summed E-state index contributed by atoms with van der Waals surface area (Å²) in [7, 11) is 0. The fraction of sp³-hybridized carbons (Fsp3) is 0.364. The molecular formula is C11H15NO3. The molecule has 0 saturated heterocycles. The summed E-state index contributed by atoms with van der Waals surface area (Å²) in [5, 5.41) is 0. The highest BCUT2D eigenvalue weighted by atomic mass is 17.2. The van der Waals surface area contributed by atoms with Crippen LogP contribution in [0, 0.1) is 0 Å². The lowest BCUT2D eigenvalue weighted by atomic mass is 10.1. The Kier molecular flexibility index (Phi) is 3.82. The summed E-state index contributed by atoms with van der Waals surface area (Å²) in [5.74, 6) is -0.585. The van der Waals surface area contributed by atoms with Crippen LogP contribution in [0.5, 0.6) is 0 Å². The highest BCUT2D eigenvalue weighted by Crippen LogP contribution is 2.04. The molecule has 0 amide bonds. The van der Waals surface area contributed by atoms with Crippen molar-refractivity contribution in [3.05, 3.63) is 35.9 Å². The topological polar surface area (TPSA) is 61.6 Å². The maximum absolute atomic E-state index is 11.2. The normalized spacial score (nSPS) is 11.1. The van der Waals surface area contributed by atoms with E-state index in [4.69, 9.17) is 10.6 Å². The molecule has 4 nitrogen and oxygen atoms in total. The van der Waals surface area contributed by atoms with E-state index in [0.717, 1.165) is 5.56 Å². The first-order valence-electron chi connectivity index (χ1n) is 4.67. The molecule has 0 atom stereocenters. The minimum Gasteiger partial charge on any atom is -0.316 e. The molecule has 0 unspecified atom stereocenters. The Bertz CT molecular complexity index is 316. The zero-order valence-electron chi connectivity index (χ0n) is 8.90. The molecule has 0 saturated carbocycles. The van der Waals surface area contributed by atoms with Crippen LogP contribution in [0.15, 0.2) is 30.3 Å². The molecule has 0 aliphatic carbocycles. The SMILES string of the molecule is CC(C)(N)C(=O)OOCc1ccccc1. The first-order valence-corrected chi connectivity index (χ1v) is 4.67. The molecular weight excluding hydrogens is 194 g/mol. The summed E-state index contributed by atoms with van der Waals surface area (Å²) in [6.45, 7) is 3.34. The van der Waals surface area contributed by atoms with Crippen molar-refractivity contribution in [2.45, 2.75) is 26.0 Å². The molecule has 0 radical (unpaired) electrons. The van der Waals surface area contributed by atoms with E-state index < -0.39 is 11.5 Å². The van der Waals surface area contributed by atoms with Gasteiger partial charge in [0, 0.05) is 0 Å². The van der Waals surface area contributed by atoms with Crippen LogP contribution in [0.3, 0.4) is 0 Å². The smallest absolute Gasteiger partial charge is 0.316 e. The number of hydrogen-bond donors (Lipinski definition) is 1. The quantitative estimate of drug-likeness (QED) is 0.601. The number of hydrogen-bond acceptors (Lipinski definition) is 4. The van der Waals surface area contributed by atoms with Crippen LogP contribution >= 0.6 is 0 Å². The van der Waals surface area contributed by atoms with E-state index in [0.29, 0.717) is 0 Å². The van der Waals surface area contributed by atoms with Crippen LogP contribution in [0.2, 0.25) is 0 Å². The molecule has 0 bridgehead atoms. The molecule has 1 rings (SSSR count). The van der Waals surface area contributed by atoms with E-state index in [2.05, 4.69) is 4.89 Å². The zero-order valence-corrected chi connectivity index (χ0v) is 8.90. The van der Waals surface area contributed by atoms with Gasteiger partial charge >= 0.3 is 5.97 Å². The van der Waals surface area contributed by atoms with Gasteiger partial charge in [0.25, 0.3) is 0 Å². The molecule has 0 aromatic heterocycles. The number of benzene rings is 1. The van der Waals surface area contributed by atoms with E-state index in [1.165, 1.54) is 0 Å². The van der Waals surface area contributed by atoms with Crippen molar-refractivity contribution in [1.82, 2.24) is 0 Å². The third kappa shape index (κ3) is 4.10. The predicted octanol–water partition coefficient (Wildman–Crippen LogP) is 1.40. The summed E-state index contributed by atoms with van der Waals surface area (Å²) in [5.41, 5.74) is 5.40. The van der Waals surface area contributed by atoms with Gasteiger partial charge in [0.15, 0.2) is 0 Å². The molecule has 0 aliphatic heterocycles. The minimum atomic E-state index is -1.03. The fourth-order valence-electron chi connectivity index (χ4n) is 0.833. The lowest BCUT2D eigenvalue weighted by Crippen LogP contribution is -2.42. The van der Waals surface area contributed by atoms with Gasteiger partial charge in [-0.05, 0) is 19.4 Å². The maximum Gasteiger partial charge on any atom is 0.361 e. The van der Waals surface area contributed by atoms with Gasteiger partial charge < -0.3 is 5.73 Å². The Morgan fingerprint density at radius 1 is 1.33 bits per heavy atom. The summed E-state index contributed by atoms with van der Waals surface area (Å²) < 4.78 is 0. The van der Waals surface area contributed by atoms with Gasteiger partial charge in [0.05, 0.1) is 0 Å². The lowest BCUT2D eigenvalue weighted by Gasteiger charge is -2.14. The average molecular weight is 209 g/mol. The van der Waals surface area contributed by atoms with Crippen LogP contribution in [0.1, 0.15) is 19.4 Å². The Balaban J connectivity index is 2.32. The molecule has 82 valence electrons. The second kappa shape index (κ2) is 4.91. The van der Waals surface area contributed by atoms with Gasteiger partial charge in [0.2, 0.25) is 0 Å². The molecule has 2 N–H and O–H groups in total. The van der Waals surface area contributed by atoms with E-state index in [1.54, 1.807) is 13.8 Å². The van der Waals surface area contributed by atoms with Gasteiger partial charge in [-0.1, -0.05) is 30.3 Å². The second-order valence-electron chi connectivity index (χ2n) is 3.84. The molecule has 0 spiro atoms. The summed E-state index contributed by atoms with van der Waals surface area (Å²) in [4.78, 5) is 20.5. The number of rotatable bonds is 4. The molecule has 0 aliphatic rings. The standard InChI is InChI=1S/C11H15NO3/c1-11(2,12)10(13)15-14-8-9-6-4-3-5-7-9/h3-7H,8,12H2,1-2H3. The number of nitrogens with two attached hydrogens (primary N) is 1. The van der Waals surface area contributed by atoms with Crippen LogP contribution in [-0.2, 0) is 21.2 Å². The zero-order chi connectivity index (χ0) is 11.3. The van der Waals surface area contributed by atoms with Gasteiger partial charge in [-0.3, -0.25) is 4.89 Å². The van der Waals surface area contributed by atoms with Crippen LogP contribution in [0.4, 0.5) is 0 Å². The van der Waals surface area contributed by atoms with Gasteiger partial charge in [0.1, 0.15) is 12.1 Å². The molecule has 1 aromatic carbocycles. The summed E-state index contributed by atoms with van der Waals surface area (Å²) in [6.07, 6.45) is 0. The first kappa shape index (κ1) is 11.7.